The van der Waals surface area contributed by atoms with E-state index in [0.717, 1.165) is 46.4 Å². The van der Waals surface area contributed by atoms with Crippen molar-refractivity contribution in [2.45, 2.75) is 13.0 Å². The van der Waals surface area contributed by atoms with Gasteiger partial charge in [-0.2, -0.15) is 0 Å². The molecule has 3 heterocycles. The van der Waals surface area contributed by atoms with Crippen LogP contribution in [0.3, 0.4) is 0 Å². The van der Waals surface area contributed by atoms with Gasteiger partial charge < -0.3 is 13.7 Å². The second kappa shape index (κ2) is 8.05. The minimum Gasteiger partial charge on any atom is -0.494 e. The summed E-state index contributed by atoms with van der Waals surface area (Å²) in [6.07, 6.45) is 4.32. The molecule has 0 unspecified atom stereocenters. The van der Waals surface area contributed by atoms with Crippen molar-refractivity contribution in [3.63, 3.8) is 0 Å². The van der Waals surface area contributed by atoms with Crippen molar-refractivity contribution in [1.29, 1.82) is 0 Å². The van der Waals surface area contributed by atoms with Crippen LogP contribution in [-0.2, 0) is 13.0 Å². The van der Waals surface area contributed by atoms with Crippen molar-refractivity contribution in [3.05, 3.63) is 82.9 Å². The van der Waals surface area contributed by atoms with Gasteiger partial charge in [-0.05, 0) is 36.4 Å². The lowest BCUT2D eigenvalue weighted by molar-refractivity contribution is 0.416. The number of ether oxygens (including phenoxy) is 1. The topological polar surface area (TPSA) is 52.6 Å². The number of hydrogen-bond donors (Lipinski definition) is 0. The van der Waals surface area contributed by atoms with Gasteiger partial charge in [-0.25, -0.2) is 4.99 Å². The van der Waals surface area contributed by atoms with Crippen LogP contribution in [0.5, 0.6) is 5.75 Å². The summed E-state index contributed by atoms with van der Waals surface area (Å²) >= 11 is 1.58. The van der Waals surface area contributed by atoms with E-state index in [-0.39, 0.29) is 0 Å². The van der Waals surface area contributed by atoms with Crippen LogP contribution < -0.4 is 9.54 Å². The number of rotatable bonds is 6. The Balaban J connectivity index is 1.76. The molecule has 0 atom stereocenters. The zero-order valence-electron chi connectivity index (χ0n) is 14.9. The average Bonchev–Trinajstić information content (AvgIpc) is 3.37. The molecule has 1 aromatic carbocycles. The maximum Gasteiger partial charge on any atom is 0.190 e. The van der Waals surface area contributed by atoms with E-state index in [1.165, 1.54) is 0 Å². The predicted octanol–water partition coefficient (Wildman–Crippen LogP) is 4.69. The molecule has 136 valence electrons. The summed E-state index contributed by atoms with van der Waals surface area (Å²) in [7, 11) is 1.66. The highest BCUT2D eigenvalue weighted by Crippen LogP contribution is 2.27. The van der Waals surface area contributed by atoms with Gasteiger partial charge in [0.05, 0.1) is 19.1 Å². The number of aromatic nitrogens is 2. The number of furan rings is 1. The van der Waals surface area contributed by atoms with E-state index in [4.69, 9.17) is 14.1 Å². The minimum absolute atomic E-state index is 0.752. The summed E-state index contributed by atoms with van der Waals surface area (Å²) in [6, 6.07) is 17.6. The van der Waals surface area contributed by atoms with E-state index in [2.05, 4.69) is 14.9 Å². The number of para-hydroxylation sites is 2. The largest absolute Gasteiger partial charge is 0.494 e. The second-order valence-electron chi connectivity index (χ2n) is 5.89. The fourth-order valence-electron chi connectivity index (χ4n) is 2.85. The molecule has 4 aromatic rings. The molecule has 0 saturated heterocycles. The maximum absolute atomic E-state index is 5.62. The number of nitrogens with zero attached hydrogens (tertiary/aromatic N) is 3. The zero-order valence-corrected chi connectivity index (χ0v) is 15.7. The smallest absolute Gasteiger partial charge is 0.190 e. The van der Waals surface area contributed by atoms with Crippen LogP contribution in [0.1, 0.15) is 5.69 Å². The van der Waals surface area contributed by atoms with Crippen LogP contribution in [-0.4, -0.2) is 16.7 Å². The lowest BCUT2D eigenvalue weighted by Gasteiger charge is -2.08. The molecule has 0 bridgehead atoms. The molecule has 27 heavy (non-hydrogen) atoms. The van der Waals surface area contributed by atoms with E-state index < -0.39 is 0 Å². The summed E-state index contributed by atoms with van der Waals surface area (Å²) in [5.41, 5.74) is 2.86. The highest BCUT2D eigenvalue weighted by atomic mass is 32.1. The molecule has 0 spiro atoms. The quantitative estimate of drug-likeness (QED) is 0.490. The molecule has 0 radical (unpaired) electrons. The fourth-order valence-corrected chi connectivity index (χ4v) is 3.78. The molecule has 0 aliphatic heterocycles. The Kier molecular flexibility index (Phi) is 5.16. The molecule has 5 nitrogen and oxygen atoms in total. The van der Waals surface area contributed by atoms with Crippen LogP contribution in [0, 0.1) is 0 Å². The Hall–Kier alpha value is -3.12. The van der Waals surface area contributed by atoms with Gasteiger partial charge in [-0.15, -0.1) is 11.3 Å². The number of benzene rings is 1. The Morgan fingerprint density at radius 3 is 2.78 bits per heavy atom. The minimum atomic E-state index is 0.752. The maximum atomic E-state index is 5.62. The van der Waals surface area contributed by atoms with E-state index in [1.807, 2.05) is 60.8 Å². The average molecular weight is 377 g/mol. The van der Waals surface area contributed by atoms with E-state index in [1.54, 1.807) is 24.7 Å². The van der Waals surface area contributed by atoms with Gasteiger partial charge in [0.2, 0.25) is 0 Å². The zero-order chi connectivity index (χ0) is 18.5. The van der Waals surface area contributed by atoms with Crippen LogP contribution in [0.25, 0.3) is 11.5 Å². The van der Waals surface area contributed by atoms with Crippen molar-refractivity contribution in [3.8, 4) is 17.2 Å². The van der Waals surface area contributed by atoms with Crippen molar-refractivity contribution in [2.75, 3.05) is 7.11 Å². The molecule has 0 amide bonds. The number of hydrogen-bond acceptors (Lipinski definition) is 5. The van der Waals surface area contributed by atoms with E-state index in [9.17, 15) is 0 Å². The number of aryl methyl sites for hydroxylation is 1. The van der Waals surface area contributed by atoms with E-state index in [0.29, 0.717) is 0 Å². The van der Waals surface area contributed by atoms with Crippen molar-refractivity contribution in [2.24, 2.45) is 4.99 Å². The SMILES string of the molecule is COc1ccccc1N=c1scc(-c2ccco2)n1CCc1ccccn1. The van der Waals surface area contributed by atoms with Crippen molar-refractivity contribution < 1.29 is 9.15 Å². The van der Waals surface area contributed by atoms with Gasteiger partial charge in [0.1, 0.15) is 11.4 Å². The van der Waals surface area contributed by atoms with Gasteiger partial charge >= 0.3 is 0 Å². The number of pyridine rings is 1. The first-order valence-electron chi connectivity index (χ1n) is 8.65. The Morgan fingerprint density at radius 1 is 1.11 bits per heavy atom. The molecular formula is C21H19N3O2S. The van der Waals surface area contributed by atoms with Gasteiger partial charge in [-0.3, -0.25) is 4.98 Å². The fraction of sp³-hybridized carbons (Fsp3) is 0.143. The molecule has 3 aromatic heterocycles. The van der Waals surface area contributed by atoms with Gasteiger partial charge in [0.25, 0.3) is 0 Å². The third-order valence-corrected chi connectivity index (χ3v) is 5.05. The Bertz CT molecular complexity index is 1070. The molecule has 4 rings (SSSR count). The summed E-state index contributed by atoms with van der Waals surface area (Å²) in [5, 5.41) is 2.07. The second-order valence-corrected chi connectivity index (χ2v) is 6.72. The third kappa shape index (κ3) is 3.85. The monoisotopic (exact) mass is 377 g/mol. The van der Waals surface area contributed by atoms with Crippen LogP contribution >= 0.6 is 11.3 Å². The highest BCUT2D eigenvalue weighted by molar-refractivity contribution is 7.07. The number of methoxy groups -OCH3 is 1. The molecule has 0 saturated carbocycles. The normalized spacial score (nSPS) is 11.7. The van der Waals surface area contributed by atoms with Crippen molar-refractivity contribution >= 4 is 17.0 Å². The van der Waals surface area contributed by atoms with E-state index >= 15 is 0 Å². The molecule has 0 aliphatic carbocycles. The standard InChI is InChI=1S/C21H19N3O2S/c1-25-19-9-3-2-8-17(19)23-21-24(13-11-16-7-4-5-12-22-16)18(15-27-21)20-10-6-14-26-20/h2-10,12,14-15H,11,13H2,1H3. The van der Waals surface area contributed by atoms with Crippen LogP contribution in [0.4, 0.5) is 5.69 Å². The van der Waals surface area contributed by atoms with Crippen molar-refractivity contribution in [1.82, 2.24) is 9.55 Å². The van der Waals surface area contributed by atoms with Crippen LogP contribution in [0.15, 0.2) is 81.8 Å². The Labute approximate surface area is 161 Å². The molecule has 6 heteroatoms. The van der Waals surface area contributed by atoms with Gasteiger partial charge in [0.15, 0.2) is 10.6 Å². The lowest BCUT2D eigenvalue weighted by Crippen LogP contribution is -2.17. The van der Waals surface area contributed by atoms with Gasteiger partial charge in [0, 0.05) is 30.2 Å². The first-order valence-corrected chi connectivity index (χ1v) is 9.53. The lowest BCUT2D eigenvalue weighted by atomic mass is 10.2. The Morgan fingerprint density at radius 2 is 2.00 bits per heavy atom. The molecule has 0 fully saturated rings. The van der Waals surface area contributed by atoms with Crippen LogP contribution in [0.2, 0.25) is 0 Å². The predicted molar refractivity (Wildman–Crippen MR) is 106 cm³/mol. The summed E-state index contributed by atoms with van der Waals surface area (Å²) in [6.45, 7) is 0.754. The summed E-state index contributed by atoms with van der Waals surface area (Å²) in [5.74, 6) is 1.58. The first kappa shape index (κ1) is 17.3. The van der Waals surface area contributed by atoms with Gasteiger partial charge in [-0.1, -0.05) is 18.2 Å². The highest BCUT2D eigenvalue weighted by Gasteiger charge is 2.11. The molecular weight excluding hydrogens is 358 g/mol. The summed E-state index contributed by atoms with van der Waals surface area (Å²) < 4.78 is 13.2. The third-order valence-electron chi connectivity index (χ3n) is 4.19. The first-order chi connectivity index (χ1) is 13.3. The summed E-state index contributed by atoms with van der Waals surface area (Å²) in [4.78, 5) is 10.2. The molecule has 0 aliphatic rings. The number of thiazole rings is 1. The molecule has 0 N–H and O–H groups in total.